The van der Waals surface area contributed by atoms with Crippen LogP contribution in [0.25, 0.3) is 16.8 Å². The predicted molar refractivity (Wildman–Crippen MR) is 83.9 cm³/mol. The molecule has 0 atom stereocenters. The van der Waals surface area contributed by atoms with E-state index in [2.05, 4.69) is 10.1 Å². The summed E-state index contributed by atoms with van der Waals surface area (Å²) in [4.78, 5) is 18.5. The van der Waals surface area contributed by atoms with Gasteiger partial charge in [-0.25, -0.2) is 18.3 Å². The van der Waals surface area contributed by atoms with Crippen LogP contribution in [0.3, 0.4) is 0 Å². The van der Waals surface area contributed by atoms with E-state index >= 15 is 0 Å². The van der Waals surface area contributed by atoms with Crippen LogP contribution >= 0.6 is 11.6 Å². The molecule has 5 nitrogen and oxygen atoms in total. The lowest BCUT2D eigenvalue weighted by atomic mass is 10.0. The highest BCUT2D eigenvalue weighted by Crippen LogP contribution is 2.32. The number of nitrogens with zero attached hydrogens (tertiary/aromatic N) is 4. The third-order valence-electron chi connectivity index (χ3n) is 4.01. The van der Waals surface area contributed by atoms with Gasteiger partial charge in [0.05, 0.1) is 5.56 Å². The van der Waals surface area contributed by atoms with Crippen LogP contribution < -0.4 is 0 Å². The summed E-state index contributed by atoms with van der Waals surface area (Å²) < 4.78 is 29.2. The highest BCUT2D eigenvalue weighted by atomic mass is 35.5. The monoisotopic (exact) mass is 348 g/mol. The van der Waals surface area contributed by atoms with E-state index in [0.717, 1.165) is 18.6 Å². The molecule has 1 fully saturated rings. The molecule has 1 aliphatic heterocycles. The maximum absolute atomic E-state index is 13.9. The molecule has 1 amide bonds. The minimum atomic E-state index is -0.899. The van der Waals surface area contributed by atoms with Gasteiger partial charge in [0.15, 0.2) is 11.3 Å². The third kappa shape index (κ3) is 2.24. The van der Waals surface area contributed by atoms with Gasteiger partial charge >= 0.3 is 0 Å². The summed E-state index contributed by atoms with van der Waals surface area (Å²) >= 11 is 5.55. The number of hydrogen-bond donors (Lipinski definition) is 0. The number of carbonyl (C=O) groups excluding carboxylic acids is 1. The number of rotatable bonds is 2. The molecule has 0 spiro atoms. The summed E-state index contributed by atoms with van der Waals surface area (Å²) in [5.41, 5.74) is 0.936. The normalized spacial score (nSPS) is 14.0. The van der Waals surface area contributed by atoms with Crippen molar-refractivity contribution in [1.82, 2.24) is 19.5 Å². The van der Waals surface area contributed by atoms with Gasteiger partial charge in [0.2, 0.25) is 0 Å². The van der Waals surface area contributed by atoms with E-state index in [1.54, 1.807) is 17.2 Å². The SMILES string of the molecule is O=C(c1nn2cccnc2c1-c1cc(F)c(Cl)c(F)c1)N1CCC1. The quantitative estimate of drug-likeness (QED) is 0.668. The van der Waals surface area contributed by atoms with E-state index in [9.17, 15) is 13.6 Å². The van der Waals surface area contributed by atoms with Crippen molar-refractivity contribution in [2.45, 2.75) is 6.42 Å². The average Bonchev–Trinajstić information content (AvgIpc) is 2.90. The standard InChI is InChI=1S/C16H11ClF2N4O/c17-13-10(18)7-9(8-11(13)19)12-14(16(24)22-4-2-5-22)21-23-6-1-3-20-15(12)23/h1,3,6-8H,2,4-5H2. The van der Waals surface area contributed by atoms with Crippen LogP contribution in [0.4, 0.5) is 8.78 Å². The first-order chi connectivity index (χ1) is 11.6. The van der Waals surface area contributed by atoms with Crippen molar-refractivity contribution in [1.29, 1.82) is 0 Å². The van der Waals surface area contributed by atoms with Crippen molar-refractivity contribution in [3.63, 3.8) is 0 Å². The van der Waals surface area contributed by atoms with Crippen LogP contribution in [0.15, 0.2) is 30.6 Å². The summed E-state index contributed by atoms with van der Waals surface area (Å²) in [5.74, 6) is -2.08. The van der Waals surface area contributed by atoms with Gasteiger partial charge in [-0.15, -0.1) is 0 Å². The van der Waals surface area contributed by atoms with Gasteiger partial charge in [0.25, 0.3) is 5.91 Å². The van der Waals surface area contributed by atoms with E-state index in [4.69, 9.17) is 11.6 Å². The number of aromatic nitrogens is 3. The first kappa shape index (κ1) is 15.0. The lowest BCUT2D eigenvalue weighted by Gasteiger charge is -2.30. The molecule has 122 valence electrons. The fourth-order valence-electron chi connectivity index (χ4n) is 2.67. The predicted octanol–water partition coefficient (Wildman–Crippen LogP) is 3.17. The van der Waals surface area contributed by atoms with Crippen LogP contribution in [0.5, 0.6) is 0 Å². The molecule has 24 heavy (non-hydrogen) atoms. The smallest absolute Gasteiger partial charge is 0.275 e. The molecule has 0 aliphatic carbocycles. The number of likely N-dealkylation sites (tertiary alicyclic amines) is 1. The summed E-state index contributed by atoms with van der Waals surface area (Å²) in [6.45, 7) is 1.28. The molecule has 3 aromatic rings. The summed E-state index contributed by atoms with van der Waals surface area (Å²) in [5, 5.41) is 3.67. The summed E-state index contributed by atoms with van der Waals surface area (Å²) in [6.07, 6.45) is 4.08. The number of carbonyl (C=O) groups is 1. The second-order valence-electron chi connectivity index (χ2n) is 5.51. The van der Waals surface area contributed by atoms with E-state index in [-0.39, 0.29) is 17.2 Å². The van der Waals surface area contributed by atoms with Gasteiger partial charge < -0.3 is 4.90 Å². The number of amides is 1. The van der Waals surface area contributed by atoms with E-state index in [0.29, 0.717) is 24.3 Å². The second kappa shape index (κ2) is 5.52. The molecule has 1 aliphatic rings. The Kier molecular flexibility index (Phi) is 3.45. The zero-order valence-corrected chi connectivity index (χ0v) is 13.1. The Morgan fingerprint density at radius 3 is 2.54 bits per heavy atom. The number of hydrogen-bond acceptors (Lipinski definition) is 3. The van der Waals surface area contributed by atoms with Crippen LogP contribution in [0.1, 0.15) is 16.9 Å². The van der Waals surface area contributed by atoms with Crippen molar-refractivity contribution >= 4 is 23.2 Å². The van der Waals surface area contributed by atoms with Gasteiger partial charge in [0, 0.05) is 25.5 Å². The van der Waals surface area contributed by atoms with Crippen LogP contribution in [0, 0.1) is 11.6 Å². The lowest BCUT2D eigenvalue weighted by molar-refractivity contribution is 0.0646. The molecular weight excluding hydrogens is 338 g/mol. The molecular formula is C16H11ClF2N4O. The van der Waals surface area contributed by atoms with Crippen molar-refractivity contribution in [3.8, 4) is 11.1 Å². The molecule has 3 heterocycles. The third-order valence-corrected chi connectivity index (χ3v) is 4.37. The lowest BCUT2D eigenvalue weighted by Crippen LogP contribution is -2.42. The topological polar surface area (TPSA) is 50.5 Å². The Balaban J connectivity index is 1.97. The molecule has 0 bridgehead atoms. The molecule has 1 saturated heterocycles. The van der Waals surface area contributed by atoms with Gasteiger partial charge in [-0.3, -0.25) is 4.79 Å². The summed E-state index contributed by atoms with van der Waals surface area (Å²) in [7, 11) is 0. The molecule has 1 aromatic carbocycles. The fraction of sp³-hybridized carbons (Fsp3) is 0.188. The maximum atomic E-state index is 13.9. The van der Waals surface area contributed by atoms with E-state index < -0.39 is 16.7 Å². The first-order valence-electron chi connectivity index (χ1n) is 7.34. The number of halogens is 3. The van der Waals surface area contributed by atoms with Crippen LogP contribution in [0.2, 0.25) is 5.02 Å². The molecule has 0 radical (unpaired) electrons. The highest BCUT2D eigenvalue weighted by molar-refractivity contribution is 6.31. The molecule has 0 saturated carbocycles. The zero-order valence-electron chi connectivity index (χ0n) is 12.3. The van der Waals surface area contributed by atoms with Gasteiger partial charge in [-0.1, -0.05) is 11.6 Å². The van der Waals surface area contributed by atoms with Crippen LogP contribution in [-0.4, -0.2) is 38.5 Å². The van der Waals surface area contributed by atoms with Crippen molar-refractivity contribution < 1.29 is 13.6 Å². The van der Waals surface area contributed by atoms with E-state index in [1.807, 2.05) is 0 Å². The number of benzene rings is 1. The van der Waals surface area contributed by atoms with Gasteiger partial charge in [0.1, 0.15) is 16.7 Å². The van der Waals surface area contributed by atoms with Crippen LogP contribution in [-0.2, 0) is 0 Å². The second-order valence-corrected chi connectivity index (χ2v) is 5.89. The van der Waals surface area contributed by atoms with Gasteiger partial charge in [-0.2, -0.15) is 5.10 Å². The molecule has 4 rings (SSSR count). The number of fused-ring (bicyclic) bond motifs is 1. The van der Waals surface area contributed by atoms with Crippen molar-refractivity contribution in [3.05, 3.63) is 52.9 Å². The average molecular weight is 349 g/mol. The van der Waals surface area contributed by atoms with Crippen molar-refractivity contribution in [2.24, 2.45) is 0 Å². The minimum Gasteiger partial charge on any atom is -0.337 e. The fourth-order valence-corrected chi connectivity index (χ4v) is 2.78. The van der Waals surface area contributed by atoms with Crippen molar-refractivity contribution in [2.75, 3.05) is 13.1 Å². The molecule has 0 N–H and O–H groups in total. The van der Waals surface area contributed by atoms with Gasteiger partial charge in [-0.05, 0) is 30.2 Å². The summed E-state index contributed by atoms with van der Waals surface area (Å²) in [6, 6.07) is 3.83. The molecule has 2 aromatic heterocycles. The largest absolute Gasteiger partial charge is 0.337 e. The Morgan fingerprint density at radius 1 is 1.21 bits per heavy atom. The molecule has 8 heteroatoms. The van der Waals surface area contributed by atoms with E-state index in [1.165, 1.54) is 10.7 Å². The Hall–Kier alpha value is -2.54. The Labute approximate surface area is 140 Å². The maximum Gasteiger partial charge on any atom is 0.275 e. The highest BCUT2D eigenvalue weighted by Gasteiger charge is 2.29. The molecule has 0 unspecified atom stereocenters. The Bertz CT molecular complexity index is 945. The zero-order chi connectivity index (χ0) is 16.8. The Morgan fingerprint density at radius 2 is 1.92 bits per heavy atom. The minimum absolute atomic E-state index is 0.120. The first-order valence-corrected chi connectivity index (χ1v) is 7.71.